The van der Waals surface area contributed by atoms with Crippen LogP contribution in [-0.2, 0) is 17.8 Å². The first-order chi connectivity index (χ1) is 12.4. The molecule has 0 saturated heterocycles. The van der Waals surface area contributed by atoms with E-state index in [1.807, 2.05) is 19.2 Å². The molecular weight excluding hydrogens is 350 g/mol. The van der Waals surface area contributed by atoms with E-state index in [1.54, 1.807) is 14.0 Å². The van der Waals surface area contributed by atoms with Crippen molar-refractivity contribution < 1.29 is 14.3 Å². The molecule has 6 nitrogen and oxygen atoms in total. The van der Waals surface area contributed by atoms with Crippen LogP contribution in [-0.4, -0.2) is 37.5 Å². The molecule has 0 radical (unpaired) electrons. The van der Waals surface area contributed by atoms with Crippen molar-refractivity contribution in [3.05, 3.63) is 51.4 Å². The van der Waals surface area contributed by atoms with E-state index in [2.05, 4.69) is 29.3 Å². The number of hydrogen-bond donors (Lipinski definition) is 2. The molecule has 3 N–H and O–H groups in total. The van der Waals surface area contributed by atoms with Gasteiger partial charge in [-0.2, -0.15) is 0 Å². The van der Waals surface area contributed by atoms with Crippen LogP contribution in [0, 0.1) is 6.92 Å². The Morgan fingerprint density at radius 2 is 1.96 bits per heavy atom. The Bertz CT molecular complexity index is 801. The second-order valence-corrected chi connectivity index (χ2v) is 7.10. The van der Waals surface area contributed by atoms with Crippen LogP contribution >= 0.6 is 11.3 Å². The fourth-order valence-electron chi connectivity index (χ4n) is 2.76. The lowest BCUT2D eigenvalue weighted by atomic mass is 10.1. The van der Waals surface area contributed by atoms with E-state index < -0.39 is 5.97 Å². The van der Waals surface area contributed by atoms with Gasteiger partial charge in [0.15, 0.2) is 0 Å². The molecule has 1 amide bonds. The van der Waals surface area contributed by atoms with Gasteiger partial charge in [0, 0.05) is 25.7 Å². The van der Waals surface area contributed by atoms with Crippen molar-refractivity contribution in [2.45, 2.75) is 26.9 Å². The summed E-state index contributed by atoms with van der Waals surface area (Å²) < 4.78 is 5.13. The summed E-state index contributed by atoms with van der Waals surface area (Å²) in [5, 5.41) is 2.92. The standard InChI is InChI=1S/C19H25N3O3S/c1-5-25-19(24)15-14(16(18(23)21-3)26-17(15)20)11-22(4)10-13-9-7-6-8-12(13)2/h6-9H,5,10-11,20H2,1-4H3,(H,21,23). The third-order valence-electron chi connectivity index (χ3n) is 4.08. The van der Waals surface area contributed by atoms with E-state index in [9.17, 15) is 9.59 Å². The summed E-state index contributed by atoms with van der Waals surface area (Å²) >= 11 is 1.12. The Hall–Kier alpha value is -2.38. The summed E-state index contributed by atoms with van der Waals surface area (Å²) in [6.07, 6.45) is 0. The summed E-state index contributed by atoms with van der Waals surface area (Å²) in [4.78, 5) is 27.1. The molecular formula is C19H25N3O3S. The van der Waals surface area contributed by atoms with E-state index in [0.29, 0.717) is 34.1 Å². The number of carbonyl (C=O) groups excluding carboxylic acids is 2. The SMILES string of the molecule is CCOC(=O)c1c(N)sc(C(=O)NC)c1CN(C)Cc1ccccc1C. The maximum absolute atomic E-state index is 12.4. The van der Waals surface area contributed by atoms with Crippen LogP contribution in [0.15, 0.2) is 24.3 Å². The molecule has 0 aliphatic carbocycles. The minimum absolute atomic E-state index is 0.252. The first kappa shape index (κ1) is 19.9. The zero-order chi connectivity index (χ0) is 19.3. The molecule has 26 heavy (non-hydrogen) atoms. The molecule has 1 heterocycles. The molecule has 0 aliphatic heterocycles. The number of anilines is 1. The van der Waals surface area contributed by atoms with E-state index >= 15 is 0 Å². The minimum atomic E-state index is -0.490. The number of aryl methyl sites for hydroxylation is 1. The second-order valence-electron chi connectivity index (χ2n) is 6.05. The molecule has 1 aromatic heterocycles. The van der Waals surface area contributed by atoms with Gasteiger partial charge in [-0.15, -0.1) is 11.3 Å². The van der Waals surface area contributed by atoms with Crippen molar-refractivity contribution in [2.75, 3.05) is 26.4 Å². The summed E-state index contributed by atoms with van der Waals surface area (Å²) in [7, 11) is 3.51. The highest BCUT2D eigenvalue weighted by molar-refractivity contribution is 7.18. The number of nitrogens with two attached hydrogens (primary N) is 1. The van der Waals surface area contributed by atoms with Crippen molar-refractivity contribution in [1.29, 1.82) is 0 Å². The smallest absolute Gasteiger partial charge is 0.341 e. The second kappa shape index (κ2) is 8.82. The van der Waals surface area contributed by atoms with Gasteiger partial charge in [0.1, 0.15) is 5.00 Å². The number of benzene rings is 1. The highest BCUT2D eigenvalue weighted by Crippen LogP contribution is 2.33. The maximum Gasteiger partial charge on any atom is 0.341 e. The number of nitrogens with one attached hydrogen (secondary N) is 1. The molecule has 0 aliphatic rings. The average molecular weight is 375 g/mol. The Morgan fingerprint density at radius 3 is 2.58 bits per heavy atom. The van der Waals surface area contributed by atoms with E-state index in [4.69, 9.17) is 10.5 Å². The van der Waals surface area contributed by atoms with Crippen molar-refractivity contribution >= 4 is 28.2 Å². The van der Waals surface area contributed by atoms with Gasteiger partial charge in [-0.1, -0.05) is 24.3 Å². The van der Waals surface area contributed by atoms with Crippen LogP contribution in [0.3, 0.4) is 0 Å². The molecule has 0 spiro atoms. The van der Waals surface area contributed by atoms with E-state index in [0.717, 1.165) is 11.3 Å². The van der Waals surface area contributed by atoms with E-state index in [-0.39, 0.29) is 12.5 Å². The lowest BCUT2D eigenvalue weighted by Gasteiger charge is -2.19. The lowest BCUT2D eigenvalue weighted by molar-refractivity contribution is 0.0526. The van der Waals surface area contributed by atoms with Crippen molar-refractivity contribution in [1.82, 2.24) is 10.2 Å². The topological polar surface area (TPSA) is 84.7 Å². The average Bonchev–Trinajstić information content (AvgIpc) is 2.92. The minimum Gasteiger partial charge on any atom is -0.462 e. The van der Waals surface area contributed by atoms with Gasteiger partial charge in [-0.05, 0) is 32.0 Å². The molecule has 0 bridgehead atoms. The predicted molar refractivity (Wildman–Crippen MR) is 104 cm³/mol. The number of esters is 1. The summed E-state index contributed by atoms with van der Waals surface area (Å²) in [5.74, 6) is -0.743. The van der Waals surface area contributed by atoms with Gasteiger partial charge in [-0.3, -0.25) is 9.69 Å². The lowest BCUT2D eigenvalue weighted by Crippen LogP contribution is -2.24. The van der Waals surface area contributed by atoms with Gasteiger partial charge in [-0.25, -0.2) is 4.79 Å². The predicted octanol–water partition coefficient (Wildman–Crippen LogP) is 2.81. The molecule has 140 valence electrons. The summed E-state index contributed by atoms with van der Waals surface area (Å²) in [5.41, 5.74) is 9.34. The Morgan fingerprint density at radius 1 is 1.27 bits per heavy atom. The molecule has 1 aromatic carbocycles. The van der Waals surface area contributed by atoms with Gasteiger partial charge in [0.05, 0.1) is 17.0 Å². The third-order valence-corrected chi connectivity index (χ3v) is 5.14. The Balaban J connectivity index is 2.34. The number of nitrogens with zero attached hydrogens (tertiary/aromatic N) is 1. The maximum atomic E-state index is 12.4. The van der Waals surface area contributed by atoms with Crippen LogP contribution in [0.1, 0.15) is 43.6 Å². The monoisotopic (exact) mass is 375 g/mol. The van der Waals surface area contributed by atoms with Crippen molar-refractivity contribution in [3.8, 4) is 0 Å². The quantitative estimate of drug-likeness (QED) is 0.727. The number of thiophene rings is 1. The number of hydrogen-bond acceptors (Lipinski definition) is 6. The van der Waals surface area contributed by atoms with Gasteiger partial charge >= 0.3 is 5.97 Å². The van der Waals surface area contributed by atoms with Gasteiger partial charge in [0.2, 0.25) is 0 Å². The molecule has 0 saturated carbocycles. The van der Waals surface area contributed by atoms with Crippen LogP contribution < -0.4 is 11.1 Å². The van der Waals surface area contributed by atoms with Crippen LogP contribution in [0.25, 0.3) is 0 Å². The van der Waals surface area contributed by atoms with Crippen molar-refractivity contribution in [2.24, 2.45) is 0 Å². The summed E-state index contributed by atoms with van der Waals surface area (Å²) in [6, 6.07) is 8.13. The molecule has 0 unspecified atom stereocenters. The molecule has 2 aromatic rings. The normalized spacial score (nSPS) is 10.8. The van der Waals surface area contributed by atoms with E-state index in [1.165, 1.54) is 11.1 Å². The number of nitrogen functional groups attached to an aromatic ring is 1. The van der Waals surface area contributed by atoms with Gasteiger partial charge < -0.3 is 15.8 Å². The largest absolute Gasteiger partial charge is 0.462 e. The first-order valence-corrected chi connectivity index (χ1v) is 9.24. The fourth-order valence-corrected chi connectivity index (χ4v) is 3.78. The Labute approximate surface area is 157 Å². The number of ether oxygens (including phenoxy) is 1. The zero-order valence-electron chi connectivity index (χ0n) is 15.6. The van der Waals surface area contributed by atoms with Crippen molar-refractivity contribution in [3.63, 3.8) is 0 Å². The number of carbonyl (C=O) groups is 2. The number of rotatable bonds is 7. The van der Waals surface area contributed by atoms with Gasteiger partial charge in [0.25, 0.3) is 5.91 Å². The number of amides is 1. The molecule has 0 fully saturated rings. The highest BCUT2D eigenvalue weighted by atomic mass is 32.1. The highest BCUT2D eigenvalue weighted by Gasteiger charge is 2.27. The van der Waals surface area contributed by atoms with Crippen LogP contribution in [0.5, 0.6) is 0 Å². The first-order valence-electron chi connectivity index (χ1n) is 8.42. The zero-order valence-corrected chi connectivity index (χ0v) is 16.4. The molecule has 0 atom stereocenters. The Kier molecular flexibility index (Phi) is 6.76. The fraction of sp³-hybridized carbons (Fsp3) is 0.368. The van der Waals surface area contributed by atoms with Crippen LogP contribution in [0.2, 0.25) is 0 Å². The molecule has 7 heteroatoms. The summed E-state index contributed by atoms with van der Waals surface area (Å²) in [6.45, 7) is 5.16. The third kappa shape index (κ3) is 4.42. The molecule has 2 rings (SSSR count). The van der Waals surface area contributed by atoms with Crippen LogP contribution in [0.4, 0.5) is 5.00 Å².